The Morgan fingerprint density at radius 3 is 2.62 bits per heavy atom. The van der Waals surface area contributed by atoms with E-state index < -0.39 is 5.97 Å². The summed E-state index contributed by atoms with van der Waals surface area (Å²) in [6.07, 6.45) is 4.17. The lowest BCUT2D eigenvalue weighted by Gasteiger charge is -2.18. The Bertz CT molecular complexity index is 495. The van der Waals surface area contributed by atoms with Gasteiger partial charge in [-0.05, 0) is 48.9 Å². The largest absolute Gasteiger partial charge is 0.472 e. The smallest absolute Gasteiger partial charge is 0.382 e. The fourth-order valence-corrected chi connectivity index (χ4v) is 2.33. The van der Waals surface area contributed by atoms with Crippen molar-refractivity contribution in [1.82, 2.24) is 0 Å². The van der Waals surface area contributed by atoms with Crippen molar-refractivity contribution in [2.24, 2.45) is 0 Å². The van der Waals surface area contributed by atoms with Crippen LogP contribution in [0.3, 0.4) is 0 Å². The molecule has 1 N–H and O–H groups in total. The third-order valence-corrected chi connectivity index (χ3v) is 3.14. The Morgan fingerprint density at radius 2 is 1.94 bits per heavy atom. The maximum absolute atomic E-state index is 10.4. The van der Waals surface area contributed by atoms with Crippen LogP contribution in [0, 0.1) is 11.8 Å². The molecule has 0 spiro atoms. The summed E-state index contributed by atoms with van der Waals surface area (Å²) in [5, 5.41) is 9.31. The number of fused-ring (bicyclic) bond motifs is 1. The van der Waals surface area contributed by atoms with Gasteiger partial charge in [-0.3, -0.25) is 0 Å². The molecule has 2 nitrogen and oxygen atoms in total. The first kappa shape index (κ1) is 11.0. The van der Waals surface area contributed by atoms with Crippen molar-refractivity contribution in [3.8, 4) is 11.8 Å². The minimum Gasteiger partial charge on any atom is -0.472 e. The van der Waals surface area contributed by atoms with Crippen LogP contribution in [0.2, 0.25) is 5.02 Å². The van der Waals surface area contributed by atoms with Crippen LogP contribution in [0.4, 0.5) is 0 Å². The lowest BCUT2D eigenvalue weighted by Crippen LogP contribution is -2.05. The Balaban J connectivity index is 2.48. The van der Waals surface area contributed by atoms with Crippen LogP contribution in [0.5, 0.6) is 0 Å². The van der Waals surface area contributed by atoms with Gasteiger partial charge in [-0.25, -0.2) is 4.79 Å². The van der Waals surface area contributed by atoms with Crippen LogP contribution in [0.1, 0.15) is 29.5 Å². The molecule has 0 unspecified atom stereocenters. The van der Waals surface area contributed by atoms with E-state index in [0.29, 0.717) is 0 Å². The maximum Gasteiger partial charge on any atom is 0.382 e. The molecule has 3 heteroatoms. The maximum atomic E-state index is 10.4. The van der Waals surface area contributed by atoms with Crippen molar-refractivity contribution in [2.45, 2.75) is 25.7 Å². The zero-order chi connectivity index (χ0) is 11.5. The first-order chi connectivity index (χ1) is 7.68. The van der Waals surface area contributed by atoms with Crippen molar-refractivity contribution in [2.75, 3.05) is 0 Å². The first-order valence-electron chi connectivity index (χ1n) is 5.23. The normalized spacial score (nSPS) is 13.6. The van der Waals surface area contributed by atoms with Crippen molar-refractivity contribution >= 4 is 17.6 Å². The lowest BCUT2D eigenvalue weighted by molar-refractivity contribution is -0.130. The van der Waals surface area contributed by atoms with E-state index in [4.69, 9.17) is 16.7 Å². The predicted molar refractivity (Wildman–Crippen MR) is 62.6 cm³/mol. The van der Waals surface area contributed by atoms with Crippen LogP contribution in [0.25, 0.3) is 0 Å². The van der Waals surface area contributed by atoms with Gasteiger partial charge in [0, 0.05) is 16.5 Å². The second-order valence-corrected chi connectivity index (χ2v) is 4.22. The van der Waals surface area contributed by atoms with E-state index in [0.717, 1.165) is 47.4 Å². The number of benzene rings is 1. The van der Waals surface area contributed by atoms with E-state index in [2.05, 4.69) is 11.8 Å². The molecule has 1 aliphatic carbocycles. The average molecular weight is 235 g/mol. The number of carboxylic acid groups (broad SMARTS) is 1. The van der Waals surface area contributed by atoms with Gasteiger partial charge in [0.05, 0.1) is 0 Å². The Morgan fingerprint density at radius 1 is 1.25 bits per heavy atom. The summed E-state index contributed by atoms with van der Waals surface area (Å²) >= 11 is 6.11. The van der Waals surface area contributed by atoms with Gasteiger partial charge >= 0.3 is 5.97 Å². The van der Waals surface area contributed by atoms with Gasteiger partial charge in [-0.15, -0.1) is 0 Å². The molecule has 82 valence electrons. The molecule has 0 heterocycles. The molecular weight excluding hydrogens is 224 g/mol. The molecular formula is C13H11ClO2. The molecule has 1 aliphatic rings. The molecule has 0 radical (unpaired) electrons. The summed E-state index contributed by atoms with van der Waals surface area (Å²) in [5.41, 5.74) is 3.08. The molecule has 16 heavy (non-hydrogen) atoms. The average Bonchev–Trinajstić information content (AvgIpc) is 2.28. The topological polar surface area (TPSA) is 37.3 Å². The van der Waals surface area contributed by atoms with E-state index in [-0.39, 0.29) is 0 Å². The summed E-state index contributed by atoms with van der Waals surface area (Å²) in [7, 11) is 0. The Kier molecular flexibility index (Phi) is 3.17. The van der Waals surface area contributed by atoms with E-state index in [9.17, 15) is 4.79 Å². The summed E-state index contributed by atoms with van der Waals surface area (Å²) in [6, 6.07) is 3.61. The molecule has 0 fully saturated rings. The summed E-state index contributed by atoms with van der Waals surface area (Å²) < 4.78 is 0. The fourth-order valence-electron chi connectivity index (χ4n) is 2.06. The molecule has 0 saturated heterocycles. The number of hydrogen-bond donors (Lipinski definition) is 1. The zero-order valence-electron chi connectivity index (χ0n) is 8.72. The predicted octanol–water partition coefficient (Wildman–Crippen LogP) is 2.65. The molecule has 2 rings (SSSR count). The number of carbonyl (C=O) groups is 1. The van der Waals surface area contributed by atoms with Crippen LogP contribution in [0.15, 0.2) is 12.1 Å². The highest BCUT2D eigenvalue weighted by atomic mass is 35.5. The van der Waals surface area contributed by atoms with Gasteiger partial charge in [0.2, 0.25) is 0 Å². The van der Waals surface area contributed by atoms with E-state index in [1.807, 2.05) is 6.07 Å². The van der Waals surface area contributed by atoms with Crippen LogP contribution in [-0.2, 0) is 17.6 Å². The van der Waals surface area contributed by atoms with Crippen molar-refractivity contribution in [1.29, 1.82) is 0 Å². The van der Waals surface area contributed by atoms with Crippen LogP contribution < -0.4 is 0 Å². The van der Waals surface area contributed by atoms with Gasteiger partial charge in [0.1, 0.15) is 0 Å². The van der Waals surface area contributed by atoms with Gasteiger partial charge in [0.25, 0.3) is 0 Å². The van der Waals surface area contributed by atoms with Crippen molar-refractivity contribution in [3.05, 3.63) is 33.8 Å². The highest BCUT2D eigenvalue weighted by Crippen LogP contribution is 2.30. The van der Waals surface area contributed by atoms with Crippen molar-refractivity contribution < 1.29 is 9.90 Å². The first-order valence-corrected chi connectivity index (χ1v) is 5.61. The Hall–Kier alpha value is -1.46. The molecule has 0 aliphatic heterocycles. The van der Waals surface area contributed by atoms with Crippen LogP contribution in [-0.4, -0.2) is 11.1 Å². The number of halogens is 1. The molecule has 1 aromatic rings. The van der Waals surface area contributed by atoms with Gasteiger partial charge in [-0.2, -0.15) is 0 Å². The Labute approximate surface area is 99.2 Å². The van der Waals surface area contributed by atoms with E-state index in [1.54, 1.807) is 6.07 Å². The van der Waals surface area contributed by atoms with Gasteiger partial charge in [0.15, 0.2) is 0 Å². The number of hydrogen-bond acceptors (Lipinski definition) is 1. The second-order valence-electron chi connectivity index (χ2n) is 3.81. The van der Waals surface area contributed by atoms with Crippen molar-refractivity contribution in [3.63, 3.8) is 0 Å². The number of carboxylic acids is 1. The minimum absolute atomic E-state index is 0.774. The third kappa shape index (κ3) is 2.20. The standard InChI is InChI=1S/C13H11ClO2/c14-12-7-5-9(6-8-13(15)16)10-3-1-2-4-11(10)12/h5,7H,1-4H2,(H,15,16). The molecule has 0 aromatic heterocycles. The highest BCUT2D eigenvalue weighted by Gasteiger charge is 2.15. The number of aliphatic carboxylic acids is 1. The molecule has 0 atom stereocenters. The second kappa shape index (κ2) is 4.59. The molecule has 0 amide bonds. The molecule has 1 aromatic carbocycles. The summed E-state index contributed by atoms with van der Waals surface area (Å²) in [6.45, 7) is 0. The van der Waals surface area contributed by atoms with Crippen LogP contribution >= 0.6 is 11.6 Å². The summed E-state index contributed by atoms with van der Waals surface area (Å²) in [4.78, 5) is 10.4. The quantitative estimate of drug-likeness (QED) is 0.701. The molecule has 0 bridgehead atoms. The monoisotopic (exact) mass is 234 g/mol. The van der Waals surface area contributed by atoms with Gasteiger partial charge < -0.3 is 5.11 Å². The SMILES string of the molecule is O=C(O)C#Cc1ccc(Cl)c2c1CCCC2. The molecule has 0 saturated carbocycles. The minimum atomic E-state index is -1.10. The van der Waals surface area contributed by atoms with Gasteiger partial charge in [-0.1, -0.05) is 17.5 Å². The van der Waals surface area contributed by atoms with E-state index >= 15 is 0 Å². The van der Waals surface area contributed by atoms with E-state index in [1.165, 1.54) is 0 Å². The summed E-state index contributed by atoms with van der Waals surface area (Å²) in [5.74, 6) is 3.75. The third-order valence-electron chi connectivity index (χ3n) is 2.78. The zero-order valence-corrected chi connectivity index (χ0v) is 9.47. The lowest BCUT2D eigenvalue weighted by atomic mass is 9.88. The highest BCUT2D eigenvalue weighted by molar-refractivity contribution is 6.31. The number of rotatable bonds is 0. The fraction of sp³-hybridized carbons (Fsp3) is 0.308.